The summed E-state index contributed by atoms with van der Waals surface area (Å²) in [6.07, 6.45) is 1.87. The summed E-state index contributed by atoms with van der Waals surface area (Å²) in [6, 6.07) is 10.4. The van der Waals surface area contributed by atoms with Crippen LogP contribution in [0.1, 0.15) is 25.1 Å². The third-order valence-electron chi connectivity index (χ3n) is 2.91. The van der Waals surface area contributed by atoms with Crippen LogP contribution in [0.4, 0.5) is 0 Å². The molecule has 0 aliphatic rings. The van der Waals surface area contributed by atoms with Crippen molar-refractivity contribution in [1.29, 1.82) is 0 Å². The zero-order valence-corrected chi connectivity index (χ0v) is 13.0. The van der Waals surface area contributed by atoms with E-state index in [4.69, 9.17) is 0 Å². The van der Waals surface area contributed by atoms with Gasteiger partial charge in [0.25, 0.3) is 0 Å². The molecule has 2 rings (SSSR count). The summed E-state index contributed by atoms with van der Waals surface area (Å²) in [4.78, 5) is 0. The Hall–Kier alpha value is -1.13. The number of nitrogens with zero attached hydrogens (tertiary/aromatic N) is 2. The molecular weight excluding hydrogens is 302 g/mol. The molecule has 4 heteroatoms. The van der Waals surface area contributed by atoms with E-state index >= 15 is 0 Å². The Balaban J connectivity index is 1.97. The largest absolute Gasteiger partial charge is 0.311 e. The van der Waals surface area contributed by atoms with Crippen LogP contribution in [0.15, 0.2) is 41.0 Å². The molecule has 2 aromatic rings. The number of aromatic nitrogens is 2. The molecule has 1 heterocycles. The van der Waals surface area contributed by atoms with E-state index in [0.717, 1.165) is 24.1 Å². The van der Waals surface area contributed by atoms with Crippen molar-refractivity contribution < 1.29 is 0 Å². The van der Waals surface area contributed by atoms with E-state index in [1.165, 1.54) is 11.3 Å². The topological polar surface area (TPSA) is 29.9 Å². The van der Waals surface area contributed by atoms with Crippen LogP contribution < -0.4 is 5.32 Å². The second kappa shape index (κ2) is 6.87. The molecule has 19 heavy (non-hydrogen) atoms. The Morgan fingerprint density at radius 3 is 2.63 bits per heavy atom. The van der Waals surface area contributed by atoms with Crippen LogP contribution >= 0.6 is 15.9 Å². The third kappa shape index (κ3) is 4.48. The molecule has 0 saturated carbocycles. The van der Waals surface area contributed by atoms with Gasteiger partial charge in [0.1, 0.15) is 0 Å². The minimum absolute atomic E-state index is 0.669. The molecule has 0 radical (unpaired) electrons. The molecule has 0 aliphatic heterocycles. The molecule has 1 aromatic carbocycles. The van der Waals surface area contributed by atoms with Crippen LogP contribution in [0, 0.1) is 5.92 Å². The normalized spacial score (nSPS) is 11.2. The molecule has 0 bridgehead atoms. The fourth-order valence-electron chi connectivity index (χ4n) is 1.90. The van der Waals surface area contributed by atoms with E-state index in [9.17, 15) is 0 Å². The van der Waals surface area contributed by atoms with Gasteiger partial charge in [-0.05, 0) is 36.2 Å². The maximum absolute atomic E-state index is 4.40. The highest BCUT2D eigenvalue weighted by atomic mass is 79.9. The summed E-state index contributed by atoms with van der Waals surface area (Å²) in [7, 11) is 0. The first-order valence-corrected chi connectivity index (χ1v) is 7.40. The summed E-state index contributed by atoms with van der Waals surface area (Å²) >= 11 is 3.45. The predicted octanol–water partition coefficient (Wildman–Crippen LogP) is 3.44. The van der Waals surface area contributed by atoms with Crippen LogP contribution in [-0.4, -0.2) is 16.3 Å². The van der Waals surface area contributed by atoms with Crippen molar-refractivity contribution in [3.8, 4) is 0 Å². The van der Waals surface area contributed by atoms with Gasteiger partial charge in [-0.25, -0.2) is 0 Å². The second-order valence-corrected chi connectivity index (χ2v) is 6.05. The lowest BCUT2D eigenvalue weighted by Crippen LogP contribution is -2.21. The first-order chi connectivity index (χ1) is 9.15. The molecule has 3 nitrogen and oxygen atoms in total. The first-order valence-electron chi connectivity index (χ1n) is 6.61. The van der Waals surface area contributed by atoms with Gasteiger partial charge in [-0.1, -0.05) is 41.9 Å². The molecular formula is C15H20BrN3. The van der Waals surface area contributed by atoms with Crippen molar-refractivity contribution >= 4 is 15.9 Å². The van der Waals surface area contributed by atoms with Gasteiger partial charge in [0.05, 0.1) is 12.2 Å². The van der Waals surface area contributed by atoms with E-state index in [0.29, 0.717) is 5.92 Å². The van der Waals surface area contributed by atoms with Crippen molar-refractivity contribution in [2.75, 3.05) is 6.54 Å². The fourth-order valence-corrected chi connectivity index (χ4v) is 2.17. The summed E-state index contributed by atoms with van der Waals surface area (Å²) in [5.41, 5.74) is 2.49. The molecule has 102 valence electrons. The number of halogens is 1. The minimum Gasteiger partial charge on any atom is -0.311 e. The third-order valence-corrected chi connectivity index (χ3v) is 3.44. The average Bonchev–Trinajstić information content (AvgIpc) is 2.79. The van der Waals surface area contributed by atoms with Crippen molar-refractivity contribution in [3.63, 3.8) is 0 Å². The zero-order valence-electron chi connectivity index (χ0n) is 11.4. The number of hydrogen-bond donors (Lipinski definition) is 1. The van der Waals surface area contributed by atoms with Gasteiger partial charge in [0.15, 0.2) is 0 Å². The van der Waals surface area contributed by atoms with Gasteiger partial charge in [-0.15, -0.1) is 0 Å². The molecule has 1 aromatic heterocycles. The Bertz CT molecular complexity index is 502. The molecule has 0 fully saturated rings. The summed E-state index contributed by atoms with van der Waals surface area (Å²) in [5.74, 6) is 0.669. The zero-order chi connectivity index (χ0) is 13.7. The van der Waals surface area contributed by atoms with E-state index in [-0.39, 0.29) is 0 Å². The Morgan fingerprint density at radius 1 is 1.21 bits per heavy atom. The maximum atomic E-state index is 4.40. The van der Waals surface area contributed by atoms with Crippen molar-refractivity contribution in [2.45, 2.75) is 26.9 Å². The van der Waals surface area contributed by atoms with E-state index in [2.05, 4.69) is 75.2 Å². The first kappa shape index (κ1) is 14.3. The van der Waals surface area contributed by atoms with Crippen molar-refractivity contribution in [2.24, 2.45) is 5.92 Å². The maximum Gasteiger partial charge on any atom is 0.0663 e. The number of benzene rings is 1. The van der Waals surface area contributed by atoms with E-state index < -0.39 is 0 Å². The molecule has 0 aliphatic carbocycles. The van der Waals surface area contributed by atoms with Crippen molar-refractivity contribution in [1.82, 2.24) is 15.1 Å². The monoisotopic (exact) mass is 321 g/mol. The summed E-state index contributed by atoms with van der Waals surface area (Å²) in [5, 5.41) is 7.85. The van der Waals surface area contributed by atoms with Crippen LogP contribution in [0.3, 0.4) is 0 Å². The molecule has 0 saturated heterocycles. The predicted molar refractivity (Wildman–Crippen MR) is 82.0 cm³/mol. The van der Waals surface area contributed by atoms with Gasteiger partial charge < -0.3 is 5.32 Å². The fraction of sp³-hybridized carbons (Fsp3) is 0.400. The summed E-state index contributed by atoms with van der Waals surface area (Å²) in [6.45, 7) is 7.15. The second-order valence-electron chi connectivity index (χ2n) is 5.13. The number of nitrogens with one attached hydrogen (secondary N) is 1. The molecule has 1 N–H and O–H groups in total. The quantitative estimate of drug-likeness (QED) is 0.883. The van der Waals surface area contributed by atoms with Crippen LogP contribution in [0.5, 0.6) is 0 Å². The Morgan fingerprint density at radius 2 is 1.95 bits per heavy atom. The lowest BCUT2D eigenvalue weighted by Gasteiger charge is -2.10. The molecule has 0 unspecified atom stereocenters. The smallest absolute Gasteiger partial charge is 0.0663 e. The van der Waals surface area contributed by atoms with Gasteiger partial charge in [-0.2, -0.15) is 5.10 Å². The SMILES string of the molecule is CC(C)CNCc1ccnn1Cc1ccc(Br)cc1. The highest BCUT2D eigenvalue weighted by molar-refractivity contribution is 9.10. The van der Waals surface area contributed by atoms with Crippen molar-refractivity contribution in [3.05, 3.63) is 52.3 Å². The standard InChI is InChI=1S/C15H20BrN3/c1-12(2)9-17-10-15-7-8-18-19(15)11-13-3-5-14(16)6-4-13/h3-8,12,17H,9-11H2,1-2H3. The molecule has 0 atom stereocenters. The highest BCUT2D eigenvalue weighted by Crippen LogP contribution is 2.12. The summed E-state index contributed by atoms with van der Waals surface area (Å²) < 4.78 is 3.16. The van der Waals surface area contributed by atoms with Crippen LogP contribution in [0.25, 0.3) is 0 Å². The molecule has 0 amide bonds. The number of hydrogen-bond acceptors (Lipinski definition) is 2. The van der Waals surface area contributed by atoms with Gasteiger partial charge in [0, 0.05) is 17.2 Å². The van der Waals surface area contributed by atoms with E-state index in [1.54, 1.807) is 0 Å². The Kier molecular flexibility index (Phi) is 5.16. The van der Waals surface area contributed by atoms with Gasteiger partial charge in [-0.3, -0.25) is 4.68 Å². The number of rotatable bonds is 6. The molecule has 0 spiro atoms. The average molecular weight is 322 g/mol. The lowest BCUT2D eigenvalue weighted by molar-refractivity contribution is 0.529. The van der Waals surface area contributed by atoms with E-state index in [1.807, 2.05) is 6.20 Å². The van der Waals surface area contributed by atoms with Gasteiger partial charge >= 0.3 is 0 Å². The Labute approximate surface area is 123 Å². The van der Waals surface area contributed by atoms with Gasteiger partial charge in [0.2, 0.25) is 0 Å². The van der Waals surface area contributed by atoms with Crippen LogP contribution in [0.2, 0.25) is 0 Å². The highest BCUT2D eigenvalue weighted by Gasteiger charge is 2.03. The lowest BCUT2D eigenvalue weighted by atomic mass is 10.2. The van der Waals surface area contributed by atoms with Crippen LogP contribution in [-0.2, 0) is 13.1 Å². The minimum atomic E-state index is 0.669.